The fraction of sp³-hybridized carbons (Fsp3) is 0.588. The Hall–Kier alpha value is -1.55. The van der Waals surface area contributed by atoms with Gasteiger partial charge in [0, 0.05) is 30.9 Å². The quantitative estimate of drug-likeness (QED) is 0.929. The molecule has 21 heavy (non-hydrogen) atoms. The maximum absolute atomic E-state index is 12.0. The molecule has 116 valence electrons. The van der Waals surface area contributed by atoms with E-state index < -0.39 is 0 Å². The summed E-state index contributed by atoms with van der Waals surface area (Å²) < 4.78 is 5.38. The van der Waals surface area contributed by atoms with Gasteiger partial charge in [0.1, 0.15) is 0 Å². The summed E-state index contributed by atoms with van der Waals surface area (Å²) >= 11 is 0. The van der Waals surface area contributed by atoms with Crippen molar-refractivity contribution in [2.75, 3.05) is 36.5 Å². The highest BCUT2D eigenvalue weighted by Gasteiger charge is 2.17. The average Bonchev–Trinajstić information content (AvgIpc) is 2.40. The molecule has 1 fully saturated rings. The molecule has 1 aromatic rings. The third-order valence-electron chi connectivity index (χ3n) is 3.55. The van der Waals surface area contributed by atoms with E-state index in [1.807, 2.05) is 13.0 Å². The molecular weight excluding hydrogens is 264 g/mol. The monoisotopic (exact) mass is 290 g/mol. The Balaban J connectivity index is 2.03. The molecule has 4 nitrogen and oxygen atoms in total. The van der Waals surface area contributed by atoms with Gasteiger partial charge in [-0.25, -0.2) is 0 Å². The molecule has 2 rings (SSSR count). The van der Waals surface area contributed by atoms with Crippen molar-refractivity contribution < 1.29 is 9.53 Å². The van der Waals surface area contributed by atoms with Gasteiger partial charge in [-0.1, -0.05) is 20.8 Å². The minimum atomic E-state index is 0.00568. The molecule has 1 amide bonds. The Labute approximate surface area is 127 Å². The first-order chi connectivity index (χ1) is 9.85. The van der Waals surface area contributed by atoms with Gasteiger partial charge in [0.2, 0.25) is 5.91 Å². The number of nitrogens with zero attached hydrogens (tertiary/aromatic N) is 1. The lowest BCUT2D eigenvalue weighted by Gasteiger charge is -2.29. The Morgan fingerprint density at radius 1 is 1.29 bits per heavy atom. The molecule has 4 heteroatoms. The Morgan fingerprint density at radius 3 is 2.52 bits per heavy atom. The fourth-order valence-electron chi connectivity index (χ4n) is 2.48. The molecule has 0 radical (unpaired) electrons. The molecule has 0 spiro atoms. The third-order valence-corrected chi connectivity index (χ3v) is 3.55. The van der Waals surface area contributed by atoms with Gasteiger partial charge in [0.15, 0.2) is 0 Å². The van der Waals surface area contributed by atoms with Crippen molar-refractivity contribution in [1.82, 2.24) is 0 Å². The molecule has 1 heterocycles. The minimum absolute atomic E-state index is 0.00568. The molecule has 0 aliphatic carbocycles. The zero-order valence-corrected chi connectivity index (χ0v) is 13.5. The summed E-state index contributed by atoms with van der Waals surface area (Å²) in [4.78, 5) is 14.3. The van der Waals surface area contributed by atoms with Crippen LogP contribution >= 0.6 is 0 Å². The molecule has 1 aliphatic heterocycles. The lowest BCUT2D eigenvalue weighted by Crippen LogP contribution is -2.36. The molecular formula is C17H26N2O2. The van der Waals surface area contributed by atoms with E-state index in [0.29, 0.717) is 6.42 Å². The Kier molecular flexibility index (Phi) is 4.88. The van der Waals surface area contributed by atoms with E-state index in [2.05, 4.69) is 43.1 Å². The Bertz CT molecular complexity index is 500. The second-order valence-corrected chi connectivity index (χ2v) is 6.88. The van der Waals surface area contributed by atoms with Crippen LogP contribution in [0.15, 0.2) is 18.2 Å². The Morgan fingerprint density at radius 2 is 1.95 bits per heavy atom. The summed E-state index contributed by atoms with van der Waals surface area (Å²) in [6.45, 7) is 11.7. The number of carbonyl (C=O) groups excluding carboxylic acids is 1. The van der Waals surface area contributed by atoms with Gasteiger partial charge in [0.25, 0.3) is 0 Å². The van der Waals surface area contributed by atoms with Crippen LogP contribution in [0, 0.1) is 12.3 Å². The first-order valence-corrected chi connectivity index (χ1v) is 7.58. The van der Waals surface area contributed by atoms with E-state index in [1.54, 1.807) is 0 Å². The lowest BCUT2D eigenvalue weighted by atomic mass is 9.92. The minimum Gasteiger partial charge on any atom is -0.378 e. The van der Waals surface area contributed by atoms with E-state index >= 15 is 0 Å². The second-order valence-electron chi connectivity index (χ2n) is 6.88. The van der Waals surface area contributed by atoms with Crippen molar-refractivity contribution in [2.45, 2.75) is 34.1 Å². The highest BCUT2D eigenvalue weighted by atomic mass is 16.5. The second kappa shape index (κ2) is 6.48. The SMILES string of the molecule is Cc1cc(N2CCOCC2)ccc1NC(=O)CC(C)(C)C. The number of amides is 1. The molecule has 0 bridgehead atoms. The maximum Gasteiger partial charge on any atom is 0.224 e. The van der Waals surface area contributed by atoms with Crippen LogP contribution in [0.2, 0.25) is 0 Å². The normalized spacial score (nSPS) is 15.9. The van der Waals surface area contributed by atoms with Gasteiger partial charge in [-0.15, -0.1) is 0 Å². The summed E-state index contributed by atoms with van der Waals surface area (Å²) in [7, 11) is 0. The average molecular weight is 290 g/mol. The third kappa shape index (κ3) is 4.74. The number of hydrogen-bond donors (Lipinski definition) is 1. The van der Waals surface area contributed by atoms with Crippen LogP contribution in [0.25, 0.3) is 0 Å². The smallest absolute Gasteiger partial charge is 0.224 e. The van der Waals surface area contributed by atoms with E-state index in [9.17, 15) is 4.79 Å². The van der Waals surface area contributed by atoms with E-state index in [0.717, 1.165) is 37.6 Å². The first kappa shape index (κ1) is 15.8. The standard InChI is InChI=1S/C17H26N2O2/c1-13-11-14(19-7-9-21-10-8-19)5-6-15(13)18-16(20)12-17(2,3)4/h5-6,11H,7-10,12H2,1-4H3,(H,18,20). The predicted molar refractivity (Wildman–Crippen MR) is 86.9 cm³/mol. The van der Waals surface area contributed by atoms with Crippen LogP contribution in [0.1, 0.15) is 32.8 Å². The van der Waals surface area contributed by atoms with Gasteiger partial charge in [-0.2, -0.15) is 0 Å². The summed E-state index contributed by atoms with van der Waals surface area (Å²) in [5.41, 5.74) is 3.21. The summed E-state index contributed by atoms with van der Waals surface area (Å²) in [5.74, 6) is 0.0738. The van der Waals surface area contributed by atoms with Crippen LogP contribution in [-0.2, 0) is 9.53 Å². The molecule has 0 unspecified atom stereocenters. The number of morpholine rings is 1. The highest BCUT2D eigenvalue weighted by Crippen LogP contribution is 2.25. The van der Waals surface area contributed by atoms with Gasteiger partial charge >= 0.3 is 0 Å². The zero-order chi connectivity index (χ0) is 15.5. The molecule has 1 N–H and O–H groups in total. The number of ether oxygens (including phenoxy) is 1. The van der Waals surface area contributed by atoms with Crippen LogP contribution in [0.4, 0.5) is 11.4 Å². The highest BCUT2D eigenvalue weighted by molar-refractivity contribution is 5.92. The van der Waals surface area contributed by atoms with Crippen molar-refractivity contribution in [2.24, 2.45) is 5.41 Å². The van der Waals surface area contributed by atoms with E-state index in [4.69, 9.17) is 4.74 Å². The summed E-state index contributed by atoms with van der Waals surface area (Å²) in [5, 5.41) is 3.01. The van der Waals surface area contributed by atoms with Crippen molar-refractivity contribution in [1.29, 1.82) is 0 Å². The van der Waals surface area contributed by atoms with E-state index in [-0.39, 0.29) is 11.3 Å². The number of anilines is 2. The molecule has 1 saturated heterocycles. The molecule has 1 aromatic carbocycles. The fourth-order valence-corrected chi connectivity index (χ4v) is 2.48. The largest absolute Gasteiger partial charge is 0.378 e. The van der Waals surface area contributed by atoms with Crippen molar-refractivity contribution in [3.63, 3.8) is 0 Å². The number of aryl methyl sites for hydroxylation is 1. The van der Waals surface area contributed by atoms with E-state index in [1.165, 1.54) is 5.69 Å². The lowest BCUT2D eigenvalue weighted by molar-refractivity contribution is -0.117. The molecule has 0 atom stereocenters. The van der Waals surface area contributed by atoms with Crippen LogP contribution in [0.3, 0.4) is 0 Å². The van der Waals surface area contributed by atoms with Crippen LogP contribution < -0.4 is 10.2 Å². The van der Waals surface area contributed by atoms with Crippen LogP contribution in [-0.4, -0.2) is 32.2 Å². The first-order valence-electron chi connectivity index (χ1n) is 7.58. The number of carbonyl (C=O) groups is 1. The number of nitrogens with one attached hydrogen (secondary N) is 1. The van der Waals surface area contributed by atoms with Gasteiger partial charge < -0.3 is 15.0 Å². The zero-order valence-electron chi connectivity index (χ0n) is 13.5. The molecule has 0 saturated carbocycles. The number of benzene rings is 1. The topological polar surface area (TPSA) is 41.6 Å². The maximum atomic E-state index is 12.0. The number of hydrogen-bond acceptors (Lipinski definition) is 3. The van der Waals surface area contributed by atoms with Gasteiger partial charge in [0.05, 0.1) is 13.2 Å². The summed E-state index contributed by atoms with van der Waals surface area (Å²) in [6.07, 6.45) is 0.525. The summed E-state index contributed by atoms with van der Waals surface area (Å²) in [6, 6.07) is 6.21. The van der Waals surface area contributed by atoms with Crippen LogP contribution in [0.5, 0.6) is 0 Å². The predicted octanol–water partition coefficient (Wildman–Crippen LogP) is 3.21. The van der Waals surface area contributed by atoms with Crippen molar-refractivity contribution in [3.8, 4) is 0 Å². The number of rotatable bonds is 3. The van der Waals surface area contributed by atoms with Gasteiger partial charge in [-0.3, -0.25) is 4.79 Å². The van der Waals surface area contributed by atoms with Crippen molar-refractivity contribution in [3.05, 3.63) is 23.8 Å². The molecule has 0 aromatic heterocycles. The molecule has 1 aliphatic rings. The van der Waals surface area contributed by atoms with Gasteiger partial charge in [-0.05, 0) is 36.1 Å². The van der Waals surface area contributed by atoms with Crippen molar-refractivity contribution >= 4 is 17.3 Å².